The zero-order chi connectivity index (χ0) is 14.4. The van der Waals surface area contributed by atoms with Crippen LogP contribution in [0.1, 0.15) is 0 Å². The zero-order valence-corrected chi connectivity index (χ0v) is 13.5. The number of nitrogens with one attached hydrogen (secondary N) is 2. The van der Waals surface area contributed by atoms with E-state index < -0.39 is 0 Å². The van der Waals surface area contributed by atoms with Crippen LogP contribution in [0.25, 0.3) is 0 Å². The van der Waals surface area contributed by atoms with Crippen LogP contribution in [0, 0.1) is 5.92 Å². The van der Waals surface area contributed by atoms with Crippen LogP contribution >= 0.6 is 24.2 Å². The standard InChI is InChI=1S/C14H20N2O3S.ClH/c1-19-11-2-4-12(5-3-11)20-9-14(18)16-7-10-6-15-8-13(10)17;/h2-5,10,13,15,17H,6-9H2,1H3,(H,16,18);1H. The summed E-state index contributed by atoms with van der Waals surface area (Å²) < 4.78 is 5.08. The molecule has 0 bridgehead atoms. The molecule has 1 aromatic carbocycles. The molecule has 0 saturated carbocycles. The van der Waals surface area contributed by atoms with Gasteiger partial charge in [-0.3, -0.25) is 4.79 Å². The molecule has 1 aromatic rings. The summed E-state index contributed by atoms with van der Waals surface area (Å²) in [5, 5.41) is 15.6. The summed E-state index contributed by atoms with van der Waals surface area (Å²) in [5.74, 6) is 1.29. The lowest BCUT2D eigenvalue weighted by Crippen LogP contribution is -2.35. The van der Waals surface area contributed by atoms with Crippen molar-refractivity contribution in [1.82, 2.24) is 10.6 Å². The molecule has 1 saturated heterocycles. The average Bonchev–Trinajstić information content (AvgIpc) is 2.89. The maximum Gasteiger partial charge on any atom is 0.230 e. The number of thioether (sulfide) groups is 1. The third kappa shape index (κ3) is 5.74. The van der Waals surface area contributed by atoms with Crippen molar-refractivity contribution in [3.05, 3.63) is 24.3 Å². The number of methoxy groups -OCH3 is 1. The van der Waals surface area contributed by atoms with Crippen LogP contribution < -0.4 is 15.4 Å². The van der Waals surface area contributed by atoms with Crippen molar-refractivity contribution in [2.75, 3.05) is 32.5 Å². The van der Waals surface area contributed by atoms with E-state index >= 15 is 0 Å². The molecule has 7 heteroatoms. The van der Waals surface area contributed by atoms with E-state index in [1.54, 1.807) is 7.11 Å². The second-order valence-corrected chi connectivity index (χ2v) is 5.80. The van der Waals surface area contributed by atoms with E-state index in [9.17, 15) is 9.90 Å². The van der Waals surface area contributed by atoms with Gasteiger partial charge in [0.15, 0.2) is 0 Å². The Labute approximate surface area is 135 Å². The first kappa shape index (κ1) is 18.1. The highest BCUT2D eigenvalue weighted by molar-refractivity contribution is 8.00. The Balaban J connectivity index is 0.00000220. The van der Waals surface area contributed by atoms with Gasteiger partial charge in [-0.05, 0) is 24.3 Å². The molecule has 1 aliphatic rings. The second kappa shape index (κ2) is 9.15. The minimum atomic E-state index is -0.357. The van der Waals surface area contributed by atoms with Gasteiger partial charge in [0.2, 0.25) is 5.91 Å². The van der Waals surface area contributed by atoms with Crippen molar-refractivity contribution < 1.29 is 14.6 Å². The SMILES string of the molecule is COc1ccc(SCC(=O)NCC2CNCC2O)cc1.Cl. The Kier molecular flexibility index (Phi) is 7.88. The lowest BCUT2D eigenvalue weighted by Gasteiger charge is -2.13. The third-order valence-electron chi connectivity index (χ3n) is 3.29. The van der Waals surface area contributed by atoms with Crippen LogP contribution in [0.15, 0.2) is 29.2 Å². The van der Waals surface area contributed by atoms with Crippen molar-refractivity contribution in [3.8, 4) is 5.75 Å². The Morgan fingerprint density at radius 3 is 2.71 bits per heavy atom. The molecule has 2 rings (SSSR count). The third-order valence-corrected chi connectivity index (χ3v) is 4.31. The molecule has 0 aliphatic carbocycles. The van der Waals surface area contributed by atoms with Crippen molar-refractivity contribution in [3.63, 3.8) is 0 Å². The van der Waals surface area contributed by atoms with Crippen molar-refractivity contribution >= 4 is 30.1 Å². The number of aliphatic hydroxyl groups excluding tert-OH is 1. The quantitative estimate of drug-likeness (QED) is 0.675. The van der Waals surface area contributed by atoms with Crippen molar-refractivity contribution in [2.24, 2.45) is 5.92 Å². The number of halogens is 1. The van der Waals surface area contributed by atoms with Crippen LogP contribution in [-0.4, -0.2) is 49.6 Å². The maximum absolute atomic E-state index is 11.7. The summed E-state index contributed by atoms with van der Waals surface area (Å²) in [6.45, 7) is 1.89. The molecule has 0 radical (unpaired) electrons. The van der Waals surface area contributed by atoms with E-state index in [1.807, 2.05) is 24.3 Å². The van der Waals surface area contributed by atoms with E-state index in [4.69, 9.17) is 4.74 Å². The molecule has 1 aliphatic heterocycles. The summed E-state index contributed by atoms with van der Waals surface area (Å²) in [4.78, 5) is 12.8. The number of hydrogen-bond acceptors (Lipinski definition) is 5. The molecule has 118 valence electrons. The Morgan fingerprint density at radius 2 is 2.14 bits per heavy atom. The highest BCUT2D eigenvalue weighted by Gasteiger charge is 2.24. The van der Waals surface area contributed by atoms with Crippen molar-refractivity contribution in [2.45, 2.75) is 11.0 Å². The summed E-state index contributed by atoms with van der Waals surface area (Å²) in [5.41, 5.74) is 0. The van der Waals surface area contributed by atoms with Gasteiger partial charge in [0.25, 0.3) is 0 Å². The van der Waals surface area contributed by atoms with Gasteiger partial charge in [-0.25, -0.2) is 0 Å². The monoisotopic (exact) mass is 332 g/mol. The predicted octanol–water partition coefficient (Wildman–Crippen LogP) is 0.906. The molecule has 1 heterocycles. The first-order valence-electron chi connectivity index (χ1n) is 6.61. The van der Waals surface area contributed by atoms with E-state index in [0.717, 1.165) is 17.2 Å². The molecule has 3 N–H and O–H groups in total. The fourth-order valence-corrected chi connectivity index (χ4v) is 2.77. The normalized spacial score (nSPS) is 20.7. The molecule has 0 aromatic heterocycles. The zero-order valence-electron chi connectivity index (χ0n) is 11.9. The van der Waals surface area contributed by atoms with Crippen LogP contribution in [0.3, 0.4) is 0 Å². The minimum Gasteiger partial charge on any atom is -0.497 e. The Morgan fingerprint density at radius 1 is 1.43 bits per heavy atom. The molecule has 2 atom stereocenters. The molecular formula is C14H21ClN2O3S. The number of β-amino-alcohol motifs (C(OH)–C–C–N with tert-alkyl or cyclic N) is 1. The molecular weight excluding hydrogens is 312 g/mol. The van der Waals surface area contributed by atoms with Gasteiger partial charge in [-0.2, -0.15) is 0 Å². The number of ether oxygens (including phenoxy) is 1. The van der Waals surface area contributed by atoms with E-state index in [0.29, 0.717) is 18.8 Å². The number of carbonyl (C=O) groups is 1. The van der Waals surface area contributed by atoms with E-state index in [2.05, 4.69) is 10.6 Å². The number of rotatable bonds is 6. The van der Waals surface area contributed by atoms with Gasteiger partial charge in [-0.15, -0.1) is 24.2 Å². The average molecular weight is 333 g/mol. The summed E-state index contributed by atoms with van der Waals surface area (Å²) in [6.07, 6.45) is -0.357. The van der Waals surface area contributed by atoms with Gasteiger partial charge in [0.1, 0.15) is 5.75 Å². The Hall–Kier alpha value is -0.950. The van der Waals surface area contributed by atoms with Crippen LogP contribution in [0.2, 0.25) is 0 Å². The lowest BCUT2D eigenvalue weighted by atomic mass is 10.1. The summed E-state index contributed by atoms with van der Waals surface area (Å²) in [7, 11) is 1.63. The van der Waals surface area contributed by atoms with Gasteiger partial charge >= 0.3 is 0 Å². The molecule has 1 amide bonds. The number of hydrogen-bond donors (Lipinski definition) is 3. The summed E-state index contributed by atoms with van der Waals surface area (Å²) in [6, 6.07) is 7.62. The second-order valence-electron chi connectivity index (χ2n) is 4.75. The fourth-order valence-electron chi connectivity index (χ4n) is 2.04. The summed E-state index contributed by atoms with van der Waals surface area (Å²) >= 11 is 1.49. The van der Waals surface area contributed by atoms with E-state index in [-0.39, 0.29) is 30.3 Å². The number of carbonyl (C=O) groups excluding carboxylic acids is 1. The fraction of sp³-hybridized carbons (Fsp3) is 0.500. The highest BCUT2D eigenvalue weighted by Crippen LogP contribution is 2.20. The lowest BCUT2D eigenvalue weighted by molar-refractivity contribution is -0.118. The van der Waals surface area contributed by atoms with E-state index in [1.165, 1.54) is 11.8 Å². The van der Waals surface area contributed by atoms with Crippen molar-refractivity contribution in [1.29, 1.82) is 0 Å². The van der Waals surface area contributed by atoms with Crippen LogP contribution in [0.5, 0.6) is 5.75 Å². The molecule has 21 heavy (non-hydrogen) atoms. The van der Waals surface area contributed by atoms with Crippen LogP contribution in [0.4, 0.5) is 0 Å². The van der Waals surface area contributed by atoms with Crippen LogP contribution in [-0.2, 0) is 4.79 Å². The highest BCUT2D eigenvalue weighted by atomic mass is 35.5. The minimum absolute atomic E-state index is 0. The topological polar surface area (TPSA) is 70.6 Å². The smallest absolute Gasteiger partial charge is 0.230 e. The molecule has 1 fully saturated rings. The number of amides is 1. The maximum atomic E-state index is 11.7. The Bertz CT molecular complexity index is 444. The van der Waals surface area contributed by atoms with Gasteiger partial charge in [0.05, 0.1) is 19.0 Å². The van der Waals surface area contributed by atoms with Gasteiger partial charge < -0.3 is 20.5 Å². The van der Waals surface area contributed by atoms with Gasteiger partial charge in [-0.1, -0.05) is 0 Å². The first-order valence-corrected chi connectivity index (χ1v) is 7.60. The molecule has 2 unspecified atom stereocenters. The largest absolute Gasteiger partial charge is 0.497 e. The number of benzene rings is 1. The first-order chi connectivity index (χ1) is 9.69. The molecule has 5 nitrogen and oxygen atoms in total. The van der Waals surface area contributed by atoms with Gasteiger partial charge in [0, 0.05) is 30.4 Å². The predicted molar refractivity (Wildman–Crippen MR) is 86.3 cm³/mol. The molecule has 0 spiro atoms. The number of aliphatic hydroxyl groups is 1.